The molecule has 2 aromatic heterocycles. The molecule has 1 aliphatic heterocycles. The molecule has 1 aliphatic rings. The number of fused-ring (bicyclic) bond motifs is 1. The Labute approximate surface area is 168 Å². The van der Waals surface area contributed by atoms with Gasteiger partial charge in [0, 0.05) is 40.1 Å². The van der Waals surface area contributed by atoms with Crippen LogP contribution < -0.4 is 0 Å². The predicted octanol–water partition coefficient (Wildman–Crippen LogP) is 2.99. The monoisotopic (exact) mass is 414 g/mol. The van der Waals surface area contributed by atoms with Crippen LogP contribution in [0.1, 0.15) is 44.6 Å². The second-order valence-corrected chi connectivity index (χ2v) is 9.69. The van der Waals surface area contributed by atoms with E-state index in [1.165, 1.54) is 0 Å². The fourth-order valence-corrected chi connectivity index (χ4v) is 5.83. The van der Waals surface area contributed by atoms with Gasteiger partial charge in [-0.05, 0) is 32.4 Å². The number of hydrogen-bond acceptors (Lipinski definition) is 5. The SMILES string of the molecule is Cc1cc(C(=O)COC(=O)c2c[nH]c3ccccc23)c(C)n1[C@H]1CCS(=O)(=O)C1. The van der Waals surface area contributed by atoms with Gasteiger partial charge in [0.25, 0.3) is 0 Å². The number of Topliss-reactive ketones (excluding diaryl/α,β-unsaturated/α-hetero) is 1. The maximum atomic E-state index is 12.7. The van der Waals surface area contributed by atoms with Gasteiger partial charge < -0.3 is 14.3 Å². The number of aryl methyl sites for hydroxylation is 1. The molecule has 0 amide bonds. The molecule has 1 fully saturated rings. The fraction of sp³-hybridized carbons (Fsp3) is 0.333. The van der Waals surface area contributed by atoms with Crippen molar-refractivity contribution in [1.82, 2.24) is 9.55 Å². The molecule has 3 heterocycles. The van der Waals surface area contributed by atoms with Crippen LogP contribution in [-0.4, -0.2) is 47.8 Å². The minimum absolute atomic E-state index is 0.0898. The zero-order valence-electron chi connectivity index (χ0n) is 16.3. The predicted molar refractivity (Wildman–Crippen MR) is 109 cm³/mol. The summed E-state index contributed by atoms with van der Waals surface area (Å²) in [5, 5.41) is 0.741. The van der Waals surface area contributed by atoms with E-state index in [-0.39, 0.29) is 29.9 Å². The zero-order valence-corrected chi connectivity index (χ0v) is 17.1. The van der Waals surface area contributed by atoms with Crippen molar-refractivity contribution in [1.29, 1.82) is 0 Å². The van der Waals surface area contributed by atoms with Crippen LogP contribution in [0.15, 0.2) is 36.5 Å². The average Bonchev–Trinajstić information content (AvgIpc) is 3.34. The fourth-order valence-electron chi connectivity index (χ4n) is 4.13. The van der Waals surface area contributed by atoms with Crippen molar-refractivity contribution in [2.24, 2.45) is 0 Å². The summed E-state index contributed by atoms with van der Waals surface area (Å²) in [5.41, 5.74) is 3.20. The number of ketones is 1. The van der Waals surface area contributed by atoms with Crippen LogP contribution in [0, 0.1) is 13.8 Å². The highest BCUT2D eigenvalue weighted by molar-refractivity contribution is 7.91. The van der Waals surface area contributed by atoms with Gasteiger partial charge in [-0.25, -0.2) is 13.2 Å². The molecule has 3 aromatic rings. The Bertz CT molecular complexity index is 1220. The highest BCUT2D eigenvalue weighted by Crippen LogP contribution is 2.29. The van der Waals surface area contributed by atoms with E-state index in [1.54, 1.807) is 19.2 Å². The van der Waals surface area contributed by atoms with Crippen molar-refractivity contribution in [3.63, 3.8) is 0 Å². The van der Waals surface area contributed by atoms with Gasteiger partial charge in [0.15, 0.2) is 16.4 Å². The molecule has 0 aliphatic carbocycles. The molecular weight excluding hydrogens is 392 g/mol. The van der Waals surface area contributed by atoms with Crippen molar-refractivity contribution < 1.29 is 22.7 Å². The molecule has 0 saturated carbocycles. The number of rotatable bonds is 5. The lowest BCUT2D eigenvalue weighted by molar-refractivity contribution is 0.0476. The Morgan fingerprint density at radius 2 is 1.97 bits per heavy atom. The Kier molecular flexibility index (Phi) is 4.82. The summed E-state index contributed by atoms with van der Waals surface area (Å²) in [4.78, 5) is 28.1. The Morgan fingerprint density at radius 3 is 2.69 bits per heavy atom. The third-order valence-corrected chi connectivity index (χ3v) is 7.25. The maximum Gasteiger partial charge on any atom is 0.340 e. The number of para-hydroxylation sites is 1. The van der Waals surface area contributed by atoms with Crippen molar-refractivity contribution in [2.45, 2.75) is 26.3 Å². The summed E-state index contributed by atoms with van der Waals surface area (Å²) < 4.78 is 30.8. The largest absolute Gasteiger partial charge is 0.454 e. The average molecular weight is 414 g/mol. The number of nitrogens with zero attached hydrogens (tertiary/aromatic N) is 1. The van der Waals surface area contributed by atoms with E-state index < -0.39 is 15.8 Å². The molecule has 1 aromatic carbocycles. The Balaban J connectivity index is 1.49. The smallest absolute Gasteiger partial charge is 0.340 e. The first-order valence-corrected chi connectivity index (χ1v) is 11.2. The molecule has 8 heteroatoms. The van der Waals surface area contributed by atoms with Crippen LogP contribution >= 0.6 is 0 Å². The molecule has 0 bridgehead atoms. The van der Waals surface area contributed by atoms with Crippen molar-refractivity contribution in [3.05, 3.63) is 59.0 Å². The van der Waals surface area contributed by atoms with Gasteiger partial charge in [-0.3, -0.25) is 4.79 Å². The first-order chi connectivity index (χ1) is 13.8. The Morgan fingerprint density at radius 1 is 1.21 bits per heavy atom. The molecule has 7 nitrogen and oxygen atoms in total. The van der Waals surface area contributed by atoms with E-state index in [4.69, 9.17) is 4.74 Å². The van der Waals surface area contributed by atoms with E-state index in [0.717, 1.165) is 16.6 Å². The molecule has 1 saturated heterocycles. The summed E-state index contributed by atoms with van der Waals surface area (Å²) in [7, 11) is -3.03. The van der Waals surface area contributed by atoms with E-state index in [0.29, 0.717) is 23.2 Å². The van der Waals surface area contributed by atoms with Gasteiger partial charge in [-0.2, -0.15) is 0 Å². The minimum Gasteiger partial charge on any atom is -0.454 e. The zero-order chi connectivity index (χ0) is 20.8. The van der Waals surface area contributed by atoms with Gasteiger partial charge in [-0.1, -0.05) is 18.2 Å². The lowest BCUT2D eigenvalue weighted by Gasteiger charge is -2.16. The van der Waals surface area contributed by atoms with Crippen LogP contribution in [0.4, 0.5) is 0 Å². The maximum absolute atomic E-state index is 12.7. The number of aromatic nitrogens is 2. The highest BCUT2D eigenvalue weighted by Gasteiger charge is 2.31. The van der Waals surface area contributed by atoms with Crippen LogP contribution in [0.5, 0.6) is 0 Å². The normalized spacial score (nSPS) is 18.2. The van der Waals surface area contributed by atoms with Crippen molar-refractivity contribution in [2.75, 3.05) is 18.1 Å². The first kappa shape index (κ1) is 19.4. The third-order valence-electron chi connectivity index (χ3n) is 5.50. The Hall–Kier alpha value is -2.87. The van der Waals surface area contributed by atoms with Crippen molar-refractivity contribution in [3.8, 4) is 0 Å². The second-order valence-electron chi connectivity index (χ2n) is 7.46. The molecule has 1 atom stereocenters. The summed E-state index contributed by atoms with van der Waals surface area (Å²) >= 11 is 0. The van der Waals surface area contributed by atoms with Crippen LogP contribution in [0.25, 0.3) is 10.9 Å². The highest BCUT2D eigenvalue weighted by atomic mass is 32.2. The number of sulfone groups is 1. The van der Waals surface area contributed by atoms with E-state index in [9.17, 15) is 18.0 Å². The molecule has 0 unspecified atom stereocenters. The van der Waals surface area contributed by atoms with Gasteiger partial charge in [-0.15, -0.1) is 0 Å². The van der Waals surface area contributed by atoms with Crippen LogP contribution in [-0.2, 0) is 14.6 Å². The molecular formula is C21H22N2O5S. The quantitative estimate of drug-likeness (QED) is 0.511. The third kappa shape index (κ3) is 3.60. The summed E-state index contributed by atoms with van der Waals surface area (Å²) in [6.45, 7) is 3.28. The number of H-pyrrole nitrogens is 1. The lowest BCUT2D eigenvalue weighted by Crippen LogP contribution is -2.17. The van der Waals surface area contributed by atoms with Gasteiger partial charge in [0.2, 0.25) is 5.78 Å². The van der Waals surface area contributed by atoms with Crippen molar-refractivity contribution >= 4 is 32.5 Å². The summed E-state index contributed by atoms with van der Waals surface area (Å²) in [6, 6.07) is 8.94. The molecule has 4 rings (SSSR count). The number of carbonyl (C=O) groups is 2. The van der Waals surface area contributed by atoms with E-state index >= 15 is 0 Å². The molecule has 1 N–H and O–H groups in total. The summed E-state index contributed by atoms with van der Waals surface area (Å²) in [5.74, 6) is -0.614. The lowest BCUT2D eigenvalue weighted by atomic mass is 10.1. The van der Waals surface area contributed by atoms with Gasteiger partial charge >= 0.3 is 5.97 Å². The molecule has 0 radical (unpaired) electrons. The summed E-state index contributed by atoms with van der Waals surface area (Å²) in [6.07, 6.45) is 2.12. The second kappa shape index (κ2) is 7.18. The number of carbonyl (C=O) groups excluding carboxylic acids is 2. The number of nitrogens with one attached hydrogen (secondary N) is 1. The number of aromatic amines is 1. The minimum atomic E-state index is -3.03. The standard InChI is InChI=1S/C21H22N2O5S/c1-13-9-17(14(2)23(13)15-7-8-29(26,27)12-15)20(24)11-28-21(25)18-10-22-19-6-4-3-5-16(18)19/h3-6,9-10,15,22H,7-8,11-12H2,1-2H3/t15-/m0/s1. The van der Waals surface area contributed by atoms with E-state index in [2.05, 4.69) is 4.98 Å². The molecule has 29 heavy (non-hydrogen) atoms. The molecule has 0 spiro atoms. The first-order valence-electron chi connectivity index (χ1n) is 9.42. The van der Waals surface area contributed by atoms with Gasteiger partial charge in [0.05, 0.1) is 17.1 Å². The molecule has 152 valence electrons. The number of esters is 1. The number of benzene rings is 1. The number of ether oxygens (including phenoxy) is 1. The van der Waals surface area contributed by atoms with Gasteiger partial charge in [0.1, 0.15) is 0 Å². The van der Waals surface area contributed by atoms with Crippen LogP contribution in [0.2, 0.25) is 0 Å². The topological polar surface area (TPSA) is 98.2 Å². The van der Waals surface area contributed by atoms with Crippen LogP contribution in [0.3, 0.4) is 0 Å². The van der Waals surface area contributed by atoms with E-state index in [1.807, 2.05) is 35.8 Å². The number of hydrogen-bond donors (Lipinski definition) is 1.